The van der Waals surface area contributed by atoms with Gasteiger partial charge in [0.25, 0.3) is 0 Å². The lowest BCUT2D eigenvalue weighted by Gasteiger charge is -2.46. The molecule has 0 spiro atoms. The summed E-state index contributed by atoms with van der Waals surface area (Å²) < 4.78 is 14.1. The summed E-state index contributed by atoms with van der Waals surface area (Å²) in [7, 11) is 0. The highest BCUT2D eigenvalue weighted by molar-refractivity contribution is 6.18. The van der Waals surface area contributed by atoms with Crippen molar-refractivity contribution in [3.63, 3.8) is 0 Å². The lowest BCUT2D eigenvalue weighted by molar-refractivity contribution is 0.376. The summed E-state index contributed by atoms with van der Waals surface area (Å²) in [5, 5.41) is 9.02. The highest BCUT2D eigenvalue weighted by Gasteiger charge is 2.58. The summed E-state index contributed by atoms with van der Waals surface area (Å²) in [6.45, 7) is 5.10. The van der Waals surface area contributed by atoms with Crippen LogP contribution in [0.1, 0.15) is 36.1 Å². The highest BCUT2D eigenvalue weighted by Crippen LogP contribution is 2.68. The lowest BCUT2D eigenvalue weighted by atomic mass is 9.56. The average molecular weight is 1130 g/mol. The smallest absolute Gasteiger partial charge is 0.159 e. The van der Waals surface area contributed by atoms with Gasteiger partial charge in [-0.2, -0.15) is 0 Å². The number of rotatable bonds is 9. The molecule has 0 bridgehead atoms. The van der Waals surface area contributed by atoms with Crippen LogP contribution in [0, 0.1) is 0 Å². The van der Waals surface area contributed by atoms with E-state index in [4.69, 9.17) is 8.83 Å². The molecule has 0 aliphatic heterocycles. The van der Waals surface area contributed by atoms with E-state index in [1.54, 1.807) is 0 Å². The first-order valence-corrected chi connectivity index (χ1v) is 30.5. The molecule has 2 unspecified atom stereocenters. The summed E-state index contributed by atoms with van der Waals surface area (Å²) >= 11 is 0. The van der Waals surface area contributed by atoms with Crippen LogP contribution in [0.2, 0.25) is 0 Å². The SMILES string of the molecule is CC1(C2(C)c3ccccc3-c3c2cc(N(c2ccccc2-c2ccccc2)c2cccc4c2oc2ccccc24)c2ccccc32)c2ccccc2-c2c1cc(N(c1ccccc1-c1ccccc1)c1cccc3c1oc1ccccc13)c1ccccc21. The Bertz CT molecular complexity index is 5180. The van der Waals surface area contributed by atoms with E-state index in [0.29, 0.717) is 0 Å². The molecule has 0 fully saturated rings. The molecule has 4 heteroatoms. The van der Waals surface area contributed by atoms with Gasteiger partial charge in [-0.05, 0) is 115 Å². The van der Waals surface area contributed by atoms with Gasteiger partial charge >= 0.3 is 0 Å². The van der Waals surface area contributed by atoms with E-state index in [1.165, 1.54) is 55.3 Å². The lowest BCUT2D eigenvalue weighted by Crippen LogP contribution is -2.44. The van der Waals surface area contributed by atoms with Gasteiger partial charge in [0.05, 0.1) is 34.1 Å². The number of nitrogens with zero attached hydrogens (tertiary/aromatic N) is 2. The molecule has 16 aromatic rings. The van der Waals surface area contributed by atoms with E-state index in [9.17, 15) is 0 Å². The number of anilines is 6. The molecule has 88 heavy (non-hydrogen) atoms. The minimum absolute atomic E-state index is 0.694. The molecule has 18 rings (SSSR count). The predicted octanol–water partition coefficient (Wildman–Crippen LogP) is 23.3. The quantitative estimate of drug-likeness (QED) is 0.144. The largest absolute Gasteiger partial charge is 0.454 e. The second kappa shape index (κ2) is 19.2. The Morgan fingerprint density at radius 3 is 0.989 bits per heavy atom. The summed E-state index contributed by atoms with van der Waals surface area (Å²) in [6.07, 6.45) is 0. The third kappa shape index (κ3) is 6.97. The van der Waals surface area contributed by atoms with Crippen molar-refractivity contribution < 1.29 is 8.83 Å². The zero-order valence-electron chi connectivity index (χ0n) is 48.6. The molecule has 14 aromatic carbocycles. The van der Waals surface area contributed by atoms with Crippen LogP contribution in [0.3, 0.4) is 0 Å². The normalized spacial score (nSPS) is 15.7. The monoisotopic (exact) mass is 1120 g/mol. The zero-order valence-corrected chi connectivity index (χ0v) is 48.6. The standard InChI is InChI=1S/C84H56N2O2/c1-83(67-43-19-13-39-65(67)79-61-37-11-9-33-57(61)75(51-69(79)83)85(71-45-21-15-31-55(71)53-27-5-3-6-28-53)73-47-25-41-63-59-35-17-23-49-77(59)87-81(63)73)84(2)68-44-20-14-40-66(68)80-62-38-12-10-34-58(62)76(52-70(80)84)86(72-46-22-16-32-56(72)54-29-7-4-8-30-54)74-48-26-42-64-60-36-18-24-50-78(60)88-82(64)74/h3-52H,1-2H3. The van der Waals surface area contributed by atoms with Crippen molar-refractivity contribution >= 4 is 99.5 Å². The Kier molecular flexibility index (Phi) is 10.9. The van der Waals surface area contributed by atoms with E-state index in [-0.39, 0.29) is 0 Å². The van der Waals surface area contributed by atoms with Crippen LogP contribution >= 0.6 is 0 Å². The first-order chi connectivity index (χ1) is 43.5. The third-order valence-electron chi connectivity index (χ3n) is 19.8. The van der Waals surface area contributed by atoms with Gasteiger partial charge in [0.1, 0.15) is 11.2 Å². The van der Waals surface area contributed by atoms with Crippen LogP contribution in [0.5, 0.6) is 0 Å². The molecular weight excluding hydrogens is 1070 g/mol. The molecule has 0 saturated heterocycles. The van der Waals surface area contributed by atoms with Crippen molar-refractivity contribution in [3.8, 4) is 44.5 Å². The van der Waals surface area contributed by atoms with E-state index in [2.05, 4.69) is 327 Å². The second-order valence-corrected chi connectivity index (χ2v) is 24.0. The van der Waals surface area contributed by atoms with Gasteiger partial charge in [0, 0.05) is 54.3 Å². The van der Waals surface area contributed by atoms with Gasteiger partial charge in [-0.15, -0.1) is 0 Å². The Balaban J connectivity index is 0.955. The molecule has 2 aromatic heterocycles. The predicted molar refractivity (Wildman–Crippen MR) is 366 cm³/mol. The van der Waals surface area contributed by atoms with Crippen molar-refractivity contribution in [2.45, 2.75) is 24.7 Å². The molecule has 2 atom stereocenters. The number of furan rings is 2. The minimum atomic E-state index is -0.694. The van der Waals surface area contributed by atoms with Crippen LogP contribution in [-0.4, -0.2) is 0 Å². The maximum absolute atomic E-state index is 7.07. The minimum Gasteiger partial charge on any atom is -0.454 e. The summed E-state index contributed by atoms with van der Waals surface area (Å²) in [4.78, 5) is 5.01. The molecule has 4 nitrogen and oxygen atoms in total. The third-order valence-corrected chi connectivity index (χ3v) is 19.8. The molecule has 0 radical (unpaired) electrons. The molecule has 2 aliphatic carbocycles. The Hall–Kier alpha value is -11.2. The second-order valence-electron chi connectivity index (χ2n) is 24.0. The van der Waals surface area contributed by atoms with E-state index in [1.807, 2.05) is 0 Å². The Morgan fingerprint density at radius 1 is 0.239 bits per heavy atom. The zero-order chi connectivity index (χ0) is 58.2. The van der Waals surface area contributed by atoms with E-state index < -0.39 is 10.8 Å². The molecule has 0 N–H and O–H groups in total. The molecule has 2 aliphatic rings. The fourth-order valence-corrected chi connectivity index (χ4v) is 15.7. The topological polar surface area (TPSA) is 32.8 Å². The van der Waals surface area contributed by atoms with Gasteiger partial charge < -0.3 is 18.6 Å². The Labute approximate surface area is 510 Å². The van der Waals surface area contributed by atoms with Crippen LogP contribution in [-0.2, 0) is 10.8 Å². The fourth-order valence-electron chi connectivity index (χ4n) is 15.7. The number of benzene rings is 14. The fraction of sp³-hybridized carbons (Fsp3) is 0.0476. The Morgan fingerprint density at radius 2 is 0.557 bits per heavy atom. The number of para-hydroxylation sites is 6. The van der Waals surface area contributed by atoms with Gasteiger partial charge in [0.15, 0.2) is 11.2 Å². The van der Waals surface area contributed by atoms with Crippen molar-refractivity contribution in [2.24, 2.45) is 0 Å². The molecule has 414 valence electrons. The van der Waals surface area contributed by atoms with E-state index >= 15 is 0 Å². The number of hydrogen-bond acceptors (Lipinski definition) is 4. The highest BCUT2D eigenvalue weighted by atomic mass is 16.3. The first kappa shape index (κ1) is 50.2. The number of fused-ring (bicyclic) bond motifs is 16. The summed E-state index contributed by atoms with van der Waals surface area (Å²) in [6, 6.07) is 111. The van der Waals surface area contributed by atoms with Gasteiger partial charge in [-0.3, -0.25) is 0 Å². The molecule has 0 amide bonds. The maximum Gasteiger partial charge on any atom is 0.159 e. The van der Waals surface area contributed by atoms with Crippen molar-refractivity contribution in [2.75, 3.05) is 9.80 Å². The van der Waals surface area contributed by atoms with Crippen molar-refractivity contribution in [1.82, 2.24) is 0 Å². The summed E-state index contributed by atoms with van der Waals surface area (Å²) in [5.41, 5.74) is 22.8. The van der Waals surface area contributed by atoms with Crippen molar-refractivity contribution in [3.05, 3.63) is 326 Å². The van der Waals surface area contributed by atoms with Crippen LogP contribution < -0.4 is 9.80 Å². The molecule has 2 heterocycles. The van der Waals surface area contributed by atoms with Gasteiger partial charge in [-0.1, -0.05) is 269 Å². The maximum atomic E-state index is 7.07. The van der Waals surface area contributed by atoms with E-state index in [0.717, 1.165) is 111 Å². The number of hydrogen-bond donors (Lipinski definition) is 0. The van der Waals surface area contributed by atoms with Crippen LogP contribution in [0.4, 0.5) is 34.1 Å². The first-order valence-electron chi connectivity index (χ1n) is 30.5. The van der Waals surface area contributed by atoms with Crippen molar-refractivity contribution in [1.29, 1.82) is 0 Å². The van der Waals surface area contributed by atoms with Crippen LogP contribution in [0.25, 0.3) is 110 Å². The van der Waals surface area contributed by atoms with Gasteiger partial charge in [0.2, 0.25) is 0 Å². The average Bonchev–Trinajstić information content (AvgIpc) is 1.49. The summed E-state index contributed by atoms with van der Waals surface area (Å²) in [5.74, 6) is 0. The van der Waals surface area contributed by atoms with Gasteiger partial charge in [-0.25, -0.2) is 0 Å². The van der Waals surface area contributed by atoms with Crippen LogP contribution in [0.15, 0.2) is 312 Å². The molecular formula is C84H56N2O2. The molecule has 0 saturated carbocycles.